The smallest absolute Gasteiger partial charge is 0.324 e. The van der Waals surface area contributed by atoms with E-state index in [0.717, 1.165) is 6.42 Å². The number of nitrogen functional groups attached to an aromatic ring is 1. The molecule has 6 heteroatoms. The molecule has 0 fully saturated rings. The molecule has 0 atom stereocenters. The molecule has 6 nitrogen and oxygen atoms in total. The quantitative estimate of drug-likeness (QED) is 0.842. The van der Waals surface area contributed by atoms with Crippen LogP contribution in [0.15, 0.2) is 0 Å². The monoisotopic (exact) mass is 240 g/mol. The van der Waals surface area contributed by atoms with Crippen LogP contribution in [0.25, 0.3) is 0 Å². The van der Waals surface area contributed by atoms with E-state index in [0.29, 0.717) is 13.2 Å². The van der Waals surface area contributed by atoms with Crippen LogP contribution >= 0.6 is 0 Å². The third-order valence-corrected chi connectivity index (χ3v) is 1.97. The maximum atomic E-state index is 5.52. The van der Waals surface area contributed by atoms with Crippen molar-refractivity contribution >= 4 is 5.95 Å². The molecule has 0 aliphatic heterocycles. The third kappa shape index (κ3) is 5.33. The SMILES string of the molecule is CCOc1nc(N)nc(OCCC(C)(C)C)n1. The lowest BCUT2D eigenvalue weighted by molar-refractivity contribution is 0.223. The Balaban J connectivity index is 2.58. The van der Waals surface area contributed by atoms with Crippen molar-refractivity contribution in [2.45, 2.75) is 34.1 Å². The second-order valence-corrected chi connectivity index (χ2v) is 4.85. The van der Waals surface area contributed by atoms with E-state index in [-0.39, 0.29) is 23.4 Å². The molecule has 96 valence electrons. The van der Waals surface area contributed by atoms with Gasteiger partial charge in [0.1, 0.15) is 0 Å². The zero-order valence-corrected chi connectivity index (χ0v) is 10.9. The number of hydrogen-bond acceptors (Lipinski definition) is 6. The van der Waals surface area contributed by atoms with Gasteiger partial charge < -0.3 is 15.2 Å². The zero-order chi connectivity index (χ0) is 12.9. The standard InChI is InChI=1S/C11H20N4O2/c1-5-16-9-13-8(12)14-10(15-9)17-7-6-11(2,3)4/h5-7H2,1-4H3,(H2,12,13,14,15). The third-order valence-electron chi connectivity index (χ3n) is 1.97. The van der Waals surface area contributed by atoms with E-state index in [1.807, 2.05) is 6.92 Å². The molecule has 1 rings (SSSR count). The number of nitrogens with two attached hydrogens (primary N) is 1. The van der Waals surface area contributed by atoms with E-state index >= 15 is 0 Å². The van der Waals surface area contributed by atoms with Crippen molar-refractivity contribution in [3.8, 4) is 12.0 Å². The lowest BCUT2D eigenvalue weighted by Crippen LogP contribution is -2.13. The van der Waals surface area contributed by atoms with Crippen molar-refractivity contribution in [2.24, 2.45) is 5.41 Å². The summed E-state index contributed by atoms with van der Waals surface area (Å²) in [5.74, 6) is 0.106. The Morgan fingerprint density at radius 3 is 2.18 bits per heavy atom. The molecule has 0 amide bonds. The second-order valence-electron chi connectivity index (χ2n) is 4.85. The van der Waals surface area contributed by atoms with Gasteiger partial charge in [-0.3, -0.25) is 0 Å². The van der Waals surface area contributed by atoms with Crippen LogP contribution in [0.4, 0.5) is 5.95 Å². The minimum Gasteiger partial charge on any atom is -0.464 e. The molecular formula is C11H20N4O2. The van der Waals surface area contributed by atoms with Crippen LogP contribution < -0.4 is 15.2 Å². The zero-order valence-electron chi connectivity index (χ0n) is 10.9. The van der Waals surface area contributed by atoms with Crippen LogP contribution in [0.1, 0.15) is 34.1 Å². The Morgan fingerprint density at radius 2 is 1.65 bits per heavy atom. The van der Waals surface area contributed by atoms with Gasteiger partial charge in [0, 0.05) is 0 Å². The predicted octanol–water partition coefficient (Wildman–Crippen LogP) is 1.67. The average Bonchev–Trinajstić information content (AvgIpc) is 2.15. The van der Waals surface area contributed by atoms with Gasteiger partial charge in [0.15, 0.2) is 0 Å². The largest absolute Gasteiger partial charge is 0.464 e. The topological polar surface area (TPSA) is 83.2 Å². The summed E-state index contributed by atoms with van der Waals surface area (Å²) in [6, 6.07) is 0.413. The summed E-state index contributed by atoms with van der Waals surface area (Å²) in [5.41, 5.74) is 5.73. The molecule has 0 saturated carbocycles. The summed E-state index contributed by atoms with van der Waals surface area (Å²) in [5, 5.41) is 0. The Bertz CT molecular complexity index is 363. The summed E-state index contributed by atoms with van der Waals surface area (Å²) in [4.78, 5) is 11.7. The summed E-state index contributed by atoms with van der Waals surface area (Å²) in [7, 11) is 0. The van der Waals surface area contributed by atoms with Gasteiger partial charge in [-0.05, 0) is 18.8 Å². The van der Waals surface area contributed by atoms with Crippen LogP contribution in [0.3, 0.4) is 0 Å². The van der Waals surface area contributed by atoms with E-state index in [1.54, 1.807) is 0 Å². The van der Waals surface area contributed by atoms with Crippen LogP contribution in [0, 0.1) is 5.41 Å². The Labute approximate surface area is 102 Å². The van der Waals surface area contributed by atoms with Gasteiger partial charge in [-0.25, -0.2) is 0 Å². The molecule has 1 aromatic heterocycles. The number of nitrogens with zero attached hydrogens (tertiary/aromatic N) is 3. The molecule has 0 radical (unpaired) electrons. The molecule has 17 heavy (non-hydrogen) atoms. The number of anilines is 1. The van der Waals surface area contributed by atoms with Gasteiger partial charge in [0.25, 0.3) is 0 Å². The molecule has 1 aromatic rings. The number of ether oxygens (including phenoxy) is 2. The van der Waals surface area contributed by atoms with Crippen LogP contribution in [-0.2, 0) is 0 Å². The fourth-order valence-electron chi connectivity index (χ4n) is 1.06. The summed E-state index contributed by atoms with van der Waals surface area (Å²) < 4.78 is 10.6. The van der Waals surface area contributed by atoms with Crippen molar-refractivity contribution in [3.63, 3.8) is 0 Å². The molecule has 0 unspecified atom stereocenters. The predicted molar refractivity (Wildman–Crippen MR) is 65.0 cm³/mol. The van der Waals surface area contributed by atoms with Crippen molar-refractivity contribution in [1.82, 2.24) is 15.0 Å². The normalized spacial score (nSPS) is 11.3. The molecule has 0 aromatic carbocycles. The van der Waals surface area contributed by atoms with Crippen LogP contribution in [0.2, 0.25) is 0 Å². The molecule has 2 N–H and O–H groups in total. The minimum atomic E-state index is 0.106. The first kappa shape index (κ1) is 13.5. The maximum absolute atomic E-state index is 5.52. The first-order valence-corrected chi connectivity index (χ1v) is 5.68. The fourth-order valence-corrected chi connectivity index (χ4v) is 1.06. The molecule has 0 bridgehead atoms. The van der Waals surface area contributed by atoms with Crippen molar-refractivity contribution in [2.75, 3.05) is 18.9 Å². The summed E-state index contributed by atoms with van der Waals surface area (Å²) >= 11 is 0. The van der Waals surface area contributed by atoms with Gasteiger partial charge in [0.2, 0.25) is 5.95 Å². The van der Waals surface area contributed by atoms with Crippen molar-refractivity contribution in [1.29, 1.82) is 0 Å². The molecule has 0 saturated heterocycles. The minimum absolute atomic E-state index is 0.106. The summed E-state index contributed by atoms with van der Waals surface area (Å²) in [6.45, 7) is 9.29. The van der Waals surface area contributed by atoms with E-state index in [4.69, 9.17) is 15.2 Å². The summed E-state index contributed by atoms with van der Waals surface area (Å²) in [6.07, 6.45) is 0.905. The molecule has 0 aliphatic rings. The Kier molecular flexibility index (Phi) is 4.48. The lowest BCUT2D eigenvalue weighted by atomic mass is 9.93. The van der Waals surface area contributed by atoms with Crippen LogP contribution in [-0.4, -0.2) is 28.2 Å². The lowest BCUT2D eigenvalue weighted by Gasteiger charge is -2.17. The number of aromatic nitrogens is 3. The first-order valence-electron chi connectivity index (χ1n) is 5.68. The Hall–Kier alpha value is -1.59. The molecule has 0 spiro atoms. The molecule has 0 aliphatic carbocycles. The van der Waals surface area contributed by atoms with Gasteiger partial charge >= 0.3 is 12.0 Å². The van der Waals surface area contributed by atoms with Gasteiger partial charge in [-0.1, -0.05) is 20.8 Å². The number of rotatable bonds is 5. The van der Waals surface area contributed by atoms with E-state index in [2.05, 4.69) is 35.7 Å². The molecular weight excluding hydrogens is 220 g/mol. The highest BCUT2D eigenvalue weighted by Crippen LogP contribution is 2.19. The maximum Gasteiger partial charge on any atom is 0.324 e. The highest BCUT2D eigenvalue weighted by Gasteiger charge is 2.11. The Morgan fingerprint density at radius 1 is 1.06 bits per heavy atom. The number of hydrogen-bond donors (Lipinski definition) is 1. The van der Waals surface area contributed by atoms with Gasteiger partial charge in [-0.2, -0.15) is 9.97 Å². The van der Waals surface area contributed by atoms with Crippen molar-refractivity contribution < 1.29 is 9.47 Å². The van der Waals surface area contributed by atoms with Gasteiger partial charge in [-0.15, -0.1) is 4.98 Å². The van der Waals surface area contributed by atoms with E-state index in [1.165, 1.54) is 0 Å². The second kappa shape index (κ2) is 5.65. The van der Waals surface area contributed by atoms with Crippen molar-refractivity contribution in [3.05, 3.63) is 0 Å². The fraction of sp³-hybridized carbons (Fsp3) is 0.727. The first-order chi connectivity index (χ1) is 7.90. The molecule has 1 heterocycles. The average molecular weight is 240 g/mol. The van der Waals surface area contributed by atoms with Crippen LogP contribution in [0.5, 0.6) is 12.0 Å². The van der Waals surface area contributed by atoms with E-state index < -0.39 is 0 Å². The van der Waals surface area contributed by atoms with E-state index in [9.17, 15) is 0 Å². The highest BCUT2D eigenvalue weighted by atomic mass is 16.5. The highest BCUT2D eigenvalue weighted by molar-refractivity contribution is 5.20. The van der Waals surface area contributed by atoms with Gasteiger partial charge in [0.05, 0.1) is 13.2 Å².